The molecule has 0 unspecified atom stereocenters. The molecule has 1 saturated heterocycles. The highest BCUT2D eigenvalue weighted by molar-refractivity contribution is 5.94. The molecule has 1 fully saturated rings. The lowest BCUT2D eigenvalue weighted by molar-refractivity contribution is 0.0707. The van der Waals surface area contributed by atoms with E-state index in [1.54, 1.807) is 6.08 Å². The molecule has 2 rings (SSSR count). The lowest BCUT2D eigenvalue weighted by Crippen LogP contribution is -2.43. The molecule has 4 heteroatoms. The van der Waals surface area contributed by atoms with Gasteiger partial charge in [-0.25, -0.2) is 0 Å². The first-order valence-electron chi connectivity index (χ1n) is 7.05. The zero-order valence-corrected chi connectivity index (χ0v) is 12.0. The second kappa shape index (κ2) is 7.10. The number of rotatable bonds is 5. The average molecular weight is 274 g/mol. The van der Waals surface area contributed by atoms with E-state index >= 15 is 0 Å². The monoisotopic (exact) mass is 274 g/mol. The van der Waals surface area contributed by atoms with Crippen molar-refractivity contribution in [1.82, 2.24) is 10.2 Å². The molecule has 1 aliphatic heterocycles. The van der Waals surface area contributed by atoms with Gasteiger partial charge in [-0.05, 0) is 44.2 Å². The third-order valence-electron chi connectivity index (χ3n) is 3.66. The van der Waals surface area contributed by atoms with Crippen LogP contribution in [0.1, 0.15) is 23.2 Å². The Morgan fingerprint density at radius 1 is 1.40 bits per heavy atom. The number of hydrogen-bond donors (Lipinski definition) is 1. The summed E-state index contributed by atoms with van der Waals surface area (Å²) in [4.78, 5) is 14.3. The van der Waals surface area contributed by atoms with Crippen LogP contribution < -0.4 is 10.1 Å². The van der Waals surface area contributed by atoms with Crippen molar-refractivity contribution in [3.63, 3.8) is 0 Å². The summed E-state index contributed by atoms with van der Waals surface area (Å²) in [5, 5.41) is 3.27. The zero-order chi connectivity index (χ0) is 14.4. The van der Waals surface area contributed by atoms with Crippen LogP contribution in [-0.4, -0.2) is 43.6 Å². The summed E-state index contributed by atoms with van der Waals surface area (Å²) < 4.78 is 5.41. The van der Waals surface area contributed by atoms with Crippen LogP contribution in [0.25, 0.3) is 0 Å². The summed E-state index contributed by atoms with van der Waals surface area (Å²) in [5.74, 6) is 0.866. The van der Waals surface area contributed by atoms with Crippen molar-refractivity contribution in [2.24, 2.45) is 0 Å². The first-order valence-corrected chi connectivity index (χ1v) is 7.05. The third kappa shape index (κ3) is 3.61. The first-order chi connectivity index (χ1) is 9.74. The van der Waals surface area contributed by atoms with Gasteiger partial charge in [-0.1, -0.05) is 12.7 Å². The Labute approximate surface area is 120 Å². The highest BCUT2D eigenvalue weighted by atomic mass is 16.5. The maximum Gasteiger partial charge on any atom is 0.253 e. The van der Waals surface area contributed by atoms with Crippen molar-refractivity contribution < 1.29 is 9.53 Å². The minimum atomic E-state index is 0.106. The molecule has 1 aliphatic rings. The predicted octanol–water partition coefficient (Wildman–Crippen LogP) is 2.08. The first kappa shape index (κ1) is 14.6. The summed E-state index contributed by atoms with van der Waals surface area (Å²) in [7, 11) is 1.98. The van der Waals surface area contributed by atoms with Gasteiger partial charge in [0.05, 0.1) is 0 Å². The van der Waals surface area contributed by atoms with Gasteiger partial charge in [0.15, 0.2) is 0 Å². The maximum atomic E-state index is 12.4. The Balaban J connectivity index is 1.94. The Morgan fingerprint density at radius 3 is 2.60 bits per heavy atom. The lowest BCUT2D eigenvalue weighted by Gasteiger charge is -2.31. The van der Waals surface area contributed by atoms with Crippen LogP contribution in [0.4, 0.5) is 0 Å². The Bertz CT molecular complexity index is 448. The summed E-state index contributed by atoms with van der Waals surface area (Å²) in [6, 6.07) is 7.85. The SMILES string of the molecule is C=CCOc1ccc(C(=O)N2CCC(NC)CC2)cc1. The molecular weight excluding hydrogens is 252 g/mol. The van der Waals surface area contributed by atoms with Gasteiger partial charge in [-0.15, -0.1) is 0 Å². The maximum absolute atomic E-state index is 12.4. The van der Waals surface area contributed by atoms with Gasteiger partial charge in [0.2, 0.25) is 0 Å². The van der Waals surface area contributed by atoms with Crippen molar-refractivity contribution in [2.75, 3.05) is 26.7 Å². The molecule has 1 aromatic carbocycles. The van der Waals surface area contributed by atoms with E-state index < -0.39 is 0 Å². The van der Waals surface area contributed by atoms with E-state index in [-0.39, 0.29) is 5.91 Å². The van der Waals surface area contributed by atoms with E-state index in [1.807, 2.05) is 36.2 Å². The van der Waals surface area contributed by atoms with Crippen LogP contribution in [0.5, 0.6) is 5.75 Å². The van der Waals surface area contributed by atoms with E-state index in [1.165, 1.54) is 0 Å². The number of likely N-dealkylation sites (tertiary alicyclic amines) is 1. The van der Waals surface area contributed by atoms with Crippen molar-refractivity contribution in [1.29, 1.82) is 0 Å². The number of piperidine rings is 1. The number of carbonyl (C=O) groups excluding carboxylic acids is 1. The van der Waals surface area contributed by atoms with Crippen LogP contribution in [0.3, 0.4) is 0 Å². The summed E-state index contributed by atoms with van der Waals surface area (Å²) in [5.41, 5.74) is 0.721. The molecule has 20 heavy (non-hydrogen) atoms. The molecule has 0 aliphatic carbocycles. The highest BCUT2D eigenvalue weighted by Gasteiger charge is 2.22. The van der Waals surface area contributed by atoms with Gasteiger partial charge < -0.3 is 15.0 Å². The Kier molecular flexibility index (Phi) is 5.18. The van der Waals surface area contributed by atoms with E-state index in [0.29, 0.717) is 12.6 Å². The standard InChI is InChI=1S/C16H22N2O2/c1-3-12-20-15-6-4-13(5-7-15)16(19)18-10-8-14(17-2)9-11-18/h3-7,14,17H,1,8-12H2,2H3. The Hall–Kier alpha value is -1.81. The molecule has 0 bridgehead atoms. The smallest absolute Gasteiger partial charge is 0.253 e. The minimum absolute atomic E-state index is 0.106. The fourth-order valence-corrected chi connectivity index (χ4v) is 2.40. The predicted molar refractivity (Wildman–Crippen MR) is 80.1 cm³/mol. The fourth-order valence-electron chi connectivity index (χ4n) is 2.40. The number of amides is 1. The van der Waals surface area contributed by atoms with Crippen LogP contribution >= 0.6 is 0 Å². The molecule has 108 valence electrons. The number of nitrogens with zero attached hydrogens (tertiary/aromatic N) is 1. The molecular formula is C16H22N2O2. The molecule has 1 N–H and O–H groups in total. The van der Waals surface area contributed by atoms with E-state index in [9.17, 15) is 4.79 Å². The van der Waals surface area contributed by atoms with E-state index in [0.717, 1.165) is 37.2 Å². The minimum Gasteiger partial charge on any atom is -0.490 e. The second-order valence-corrected chi connectivity index (χ2v) is 4.98. The number of ether oxygens (including phenoxy) is 1. The molecule has 1 amide bonds. The molecule has 0 spiro atoms. The van der Waals surface area contributed by atoms with Gasteiger partial charge >= 0.3 is 0 Å². The van der Waals surface area contributed by atoms with Gasteiger partial charge in [0.1, 0.15) is 12.4 Å². The van der Waals surface area contributed by atoms with Crippen LogP contribution in [0.15, 0.2) is 36.9 Å². The van der Waals surface area contributed by atoms with Gasteiger partial charge in [0.25, 0.3) is 5.91 Å². The number of carbonyl (C=O) groups is 1. The Morgan fingerprint density at radius 2 is 2.05 bits per heavy atom. The summed E-state index contributed by atoms with van der Waals surface area (Å²) >= 11 is 0. The lowest BCUT2D eigenvalue weighted by atomic mass is 10.0. The molecule has 1 heterocycles. The number of benzene rings is 1. The molecule has 1 aromatic rings. The van der Waals surface area contributed by atoms with Gasteiger partial charge in [0, 0.05) is 24.7 Å². The molecule has 0 radical (unpaired) electrons. The average Bonchev–Trinajstić information content (AvgIpc) is 2.53. The van der Waals surface area contributed by atoms with Crippen LogP contribution in [0, 0.1) is 0 Å². The largest absolute Gasteiger partial charge is 0.490 e. The van der Waals surface area contributed by atoms with Crippen molar-refractivity contribution >= 4 is 5.91 Å². The fraction of sp³-hybridized carbons (Fsp3) is 0.438. The second-order valence-electron chi connectivity index (χ2n) is 4.98. The van der Waals surface area contributed by atoms with Crippen LogP contribution in [0.2, 0.25) is 0 Å². The highest BCUT2D eigenvalue weighted by Crippen LogP contribution is 2.17. The zero-order valence-electron chi connectivity index (χ0n) is 12.0. The van der Waals surface area contributed by atoms with E-state index in [4.69, 9.17) is 4.74 Å². The number of nitrogens with one attached hydrogen (secondary N) is 1. The van der Waals surface area contributed by atoms with Gasteiger partial charge in [-0.2, -0.15) is 0 Å². The van der Waals surface area contributed by atoms with Gasteiger partial charge in [-0.3, -0.25) is 4.79 Å². The third-order valence-corrected chi connectivity index (χ3v) is 3.66. The van der Waals surface area contributed by atoms with Crippen molar-refractivity contribution in [3.05, 3.63) is 42.5 Å². The van der Waals surface area contributed by atoms with E-state index in [2.05, 4.69) is 11.9 Å². The number of hydrogen-bond acceptors (Lipinski definition) is 3. The molecule has 0 aromatic heterocycles. The van der Waals surface area contributed by atoms with Crippen LogP contribution in [-0.2, 0) is 0 Å². The van der Waals surface area contributed by atoms with Crippen molar-refractivity contribution in [2.45, 2.75) is 18.9 Å². The molecule has 0 atom stereocenters. The normalized spacial score (nSPS) is 15.9. The van der Waals surface area contributed by atoms with Crippen molar-refractivity contribution in [3.8, 4) is 5.75 Å². The summed E-state index contributed by atoms with van der Waals surface area (Å²) in [6.45, 7) is 5.72. The topological polar surface area (TPSA) is 41.6 Å². The molecule has 4 nitrogen and oxygen atoms in total. The summed E-state index contributed by atoms with van der Waals surface area (Å²) in [6.07, 6.45) is 3.73. The quantitative estimate of drug-likeness (QED) is 0.836. The molecule has 0 saturated carbocycles.